The van der Waals surface area contributed by atoms with E-state index in [1.165, 1.54) is 116 Å². The Labute approximate surface area is 329 Å². The van der Waals surface area contributed by atoms with Crippen LogP contribution in [0.2, 0.25) is 0 Å². The molecule has 18 atom stereocenters. The molecule has 0 spiro atoms. The Balaban J connectivity index is 0.797. The van der Waals surface area contributed by atoms with Crippen molar-refractivity contribution in [3.63, 3.8) is 0 Å². The first kappa shape index (κ1) is 36.2. The molecular weight excluding hydrogens is 661 g/mol. The van der Waals surface area contributed by atoms with Crippen molar-refractivity contribution in [3.05, 3.63) is 35.4 Å². The maximum absolute atomic E-state index is 7.18. The van der Waals surface area contributed by atoms with Gasteiger partial charge in [-0.3, -0.25) is 9.80 Å². The minimum absolute atomic E-state index is 0.399. The summed E-state index contributed by atoms with van der Waals surface area (Å²) in [5, 5.41) is 0. The summed E-state index contributed by atoms with van der Waals surface area (Å²) >= 11 is 0. The second kappa shape index (κ2) is 13.3. The summed E-state index contributed by atoms with van der Waals surface area (Å²) in [7, 11) is 0. The molecule has 4 aliphatic heterocycles. The van der Waals surface area contributed by atoms with Gasteiger partial charge in [0.2, 0.25) is 0 Å². The monoisotopic (exact) mass is 737 g/mol. The van der Waals surface area contributed by atoms with E-state index in [0.717, 1.165) is 59.4 Å². The Morgan fingerprint density at radius 1 is 0.463 bits per heavy atom. The van der Waals surface area contributed by atoms with Crippen LogP contribution in [0.3, 0.4) is 0 Å². The predicted molar refractivity (Wildman–Crippen MR) is 219 cm³/mol. The molecule has 0 N–H and O–H groups in total. The van der Waals surface area contributed by atoms with E-state index in [-0.39, 0.29) is 0 Å². The minimum atomic E-state index is 0.399. The van der Waals surface area contributed by atoms with Crippen LogP contribution in [0.15, 0.2) is 24.3 Å². The molecule has 1 aromatic rings. The van der Waals surface area contributed by atoms with Gasteiger partial charge in [-0.1, -0.05) is 78.6 Å². The van der Waals surface area contributed by atoms with Crippen molar-refractivity contribution in [2.24, 2.45) is 46.3 Å². The van der Waals surface area contributed by atoms with E-state index in [4.69, 9.17) is 9.47 Å². The summed E-state index contributed by atoms with van der Waals surface area (Å²) < 4.78 is 14.4. The number of hydrogen-bond acceptors (Lipinski definition) is 4. The predicted octanol–water partition coefficient (Wildman–Crippen LogP) is 11.1. The maximum Gasteiger partial charge on any atom is 0.0737 e. The summed E-state index contributed by atoms with van der Waals surface area (Å²) in [5.41, 5.74) is 4.18. The first-order valence-corrected chi connectivity index (χ1v) is 24.0. The van der Waals surface area contributed by atoms with E-state index in [1.807, 2.05) is 0 Å². The molecule has 4 nitrogen and oxygen atoms in total. The van der Waals surface area contributed by atoms with Crippen molar-refractivity contribution in [1.82, 2.24) is 9.80 Å². The lowest BCUT2D eigenvalue weighted by atomic mass is 9.67. The van der Waals surface area contributed by atoms with Crippen molar-refractivity contribution in [2.45, 2.75) is 230 Å². The highest BCUT2D eigenvalue weighted by molar-refractivity contribution is 5.31. The largest absolute Gasteiger partial charge is 0.372 e. The number of nitrogens with zero attached hydrogens (tertiary/aromatic N) is 2. The van der Waals surface area contributed by atoms with E-state index in [9.17, 15) is 0 Å². The van der Waals surface area contributed by atoms with E-state index in [1.54, 1.807) is 11.1 Å². The Morgan fingerprint density at radius 3 is 1.35 bits per heavy atom. The molecule has 4 heterocycles. The van der Waals surface area contributed by atoms with Gasteiger partial charge in [-0.2, -0.15) is 0 Å². The first-order chi connectivity index (χ1) is 26.0. The Kier molecular flexibility index (Phi) is 8.90. The highest BCUT2D eigenvalue weighted by atomic mass is 16.5. The summed E-state index contributed by atoms with van der Waals surface area (Å²) in [5.74, 6) is 6.58. The van der Waals surface area contributed by atoms with Gasteiger partial charge in [0.1, 0.15) is 0 Å². The van der Waals surface area contributed by atoms with E-state index in [0.29, 0.717) is 59.4 Å². The molecule has 4 heteroatoms. The molecule has 6 saturated carbocycles. The zero-order valence-electron chi connectivity index (χ0n) is 35.1. The van der Waals surface area contributed by atoms with Crippen molar-refractivity contribution >= 4 is 0 Å². The van der Waals surface area contributed by atoms with Crippen LogP contribution < -0.4 is 0 Å². The SMILES string of the molecule is CC(C)(C)C1CCC2C(C1)OC1CCCC3C4CC(c5cccc(C6CCC7C(C6)C6CCCC8OC9CC(C(C)(C)C)CCC9N7C86)c5)CCC4N2C13. The van der Waals surface area contributed by atoms with Crippen LogP contribution in [0.25, 0.3) is 0 Å². The fourth-order valence-corrected chi connectivity index (χ4v) is 16.7. The van der Waals surface area contributed by atoms with Gasteiger partial charge in [-0.05, 0) is 172 Å². The number of benzene rings is 1. The summed E-state index contributed by atoms with van der Waals surface area (Å²) in [6.45, 7) is 14.8. The molecule has 10 aliphatic rings. The van der Waals surface area contributed by atoms with Gasteiger partial charge in [0.05, 0.1) is 24.4 Å². The van der Waals surface area contributed by atoms with Gasteiger partial charge >= 0.3 is 0 Å². The van der Waals surface area contributed by atoms with E-state index >= 15 is 0 Å². The number of hydrogen-bond donors (Lipinski definition) is 0. The summed E-state index contributed by atoms with van der Waals surface area (Å²) in [4.78, 5) is 6.34. The standard InChI is InChI=1S/C50H76N2O2/c1-49(2,3)33-18-22-41-45(27-33)53-43-14-8-12-35-37-25-31(16-20-39(37)51(41)47(35)43)29-10-7-11-30(24-29)32-17-21-40-38(26-32)36-13-9-15-44-48(36)52(40)42-23-19-34(50(4,5)6)28-46(42)54-44/h7,10-11,24,31-48H,8-9,12-23,25-28H2,1-6H3. The molecule has 0 bridgehead atoms. The highest BCUT2D eigenvalue weighted by Gasteiger charge is 2.62. The van der Waals surface area contributed by atoms with Gasteiger partial charge in [-0.25, -0.2) is 0 Å². The van der Waals surface area contributed by atoms with Crippen molar-refractivity contribution in [2.75, 3.05) is 0 Å². The molecule has 0 aromatic heterocycles. The van der Waals surface area contributed by atoms with Crippen molar-refractivity contribution < 1.29 is 9.47 Å². The third-order valence-electron chi connectivity index (χ3n) is 19.3. The van der Waals surface area contributed by atoms with Crippen molar-refractivity contribution in [1.29, 1.82) is 0 Å². The van der Waals surface area contributed by atoms with E-state index in [2.05, 4.69) is 75.6 Å². The minimum Gasteiger partial charge on any atom is -0.372 e. The molecular formula is C50H76N2O2. The smallest absolute Gasteiger partial charge is 0.0737 e. The molecule has 54 heavy (non-hydrogen) atoms. The summed E-state index contributed by atoms with van der Waals surface area (Å²) in [6.07, 6.45) is 26.8. The Morgan fingerprint density at radius 2 is 0.907 bits per heavy atom. The van der Waals surface area contributed by atoms with Crippen LogP contribution in [0, 0.1) is 46.3 Å². The third kappa shape index (κ3) is 5.76. The van der Waals surface area contributed by atoms with E-state index < -0.39 is 0 Å². The molecule has 18 unspecified atom stereocenters. The molecule has 11 rings (SSSR count). The molecule has 6 aliphatic carbocycles. The molecule has 298 valence electrons. The molecule has 1 aromatic carbocycles. The van der Waals surface area contributed by atoms with Gasteiger partial charge in [0.15, 0.2) is 0 Å². The van der Waals surface area contributed by atoms with Gasteiger partial charge in [0, 0.05) is 36.3 Å². The first-order valence-electron chi connectivity index (χ1n) is 24.0. The van der Waals surface area contributed by atoms with Crippen LogP contribution in [-0.2, 0) is 9.47 Å². The van der Waals surface area contributed by atoms with Crippen LogP contribution in [0.5, 0.6) is 0 Å². The lowest BCUT2D eigenvalue weighted by Gasteiger charge is -2.55. The normalized spacial score (nSPS) is 50.3. The van der Waals surface area contributed by atoms with Gasteiger partial charge in [-0.15, -0.1) is 0 Å². The topological polar surface area (TPSA) is 24.9 Å². The number of fused-ring (bicyclic) bond motifs is 10. The second-order valence-electron chi connectivity index (χ2n) is 23.5. The molecule has 10 fully saturated rings. The fraction of sp³-hybridized carbons (Fsp3) is 0.880. The zero-order valence-corrected chi connectivity index (χ0v) is 35.1. The van der Waals surface area contributed by atoms with Crippen LogP contribution in [-0.4, -0.2) is 70.5 Å². The van der Waals surface area contributed by atoms with Crippen molar-refractivity contribution in [3.8, 4) is 0 Å². The lowest BCUT2D eigenvalue weighted by molar-refractivity contribution is -0.188. The zero-order chi connectivity index (χ0) is 36.7. The highest BCUT2D eigenvalue weighted by Crippen LogP contribution is 2.60. The maximum atomic E-state index is 7.18. The quantitative estimate of drug-likeness (QED) is 0.302. The molecule has 0 radical (unpaired) electrons. The fourth-order valence-electron chi connectivity index (χ4n) is 16.7. The van der Waals surface area contributed by atoms with Crippen LogP contribution in [0.4, 0.5) is 0 Å². The third-order valence-corrected chi connectivity index (χ3v) is 19.3. The molecule has 0 amide bonds. The van der Waals surface area contributed by atoms with Gasteiger partial charge < -0.3 is 9.47 Å². The van der Waals surface area contributed by atoms with Crippen LogP contribution >= 0.6 is 0 Å². The Bertz CT molecular complexity index is 1430. The van der Waals surface area contributed by atoms with Gasteiger partial charge in [0.25, 0.3) is 0 Å². The number of rotatable bonds is 2. The number of morpholine rings is 2. The van der Waals surface area contributed by atoms with Crippen LogP contribution in [0.1, 0.15) is 180 Å². The molecule has 4 saturated heterocycles. The summed E-state index contributed by atoms with van der Waals surface area (Å²) in [6, 6.07) is 14.7. The Hall–Kier alpha value is -0.940. The average molecular weight is 737 g/mol. The second-order valence-corrected chi connectivity index (χ2v) is 23.5. The number of ether oxygens (including phenoxy) is 2. The average Bonchev–Trinajstić information content (AvgIpc) is 3.68. The lowest BCUT2D eigenvalue weighted by Crippen LogP contribution is -2.64.